The molecule has 1 aliphatic rings. The topological polar surface area (TPSA) is 40.5 Å². The van der Waals surface area contributed by atoms with Crippen molar-refractivity contribution >= 4 is 11.7 Å². The second-order valence-electron chi connectivity index (χ2n) is 6.08. The van der Waals surface area contributed by atoms with Crippen LogP contribution in [-0.2, 0) is 0 Å². The van der Waals surface area contributed by atoms with E-state index in [1.54, 1.807) is 4.90 Å². The van der Waals surface area contributed by atoms with Crippen molar-refractivity contribution in [2.24, 2.45) is 5.92 Å². The Morgan fingerprint density at radius 2 is 1.81 bits per heavy atom. The number of carboxylic acids is 1. The molecule has 0 aromatic heterocycles. The van der Waals surface area contributed by atoms with E-state index in [9.17, 15) is 13.6 Å². The fourth-order valence-corrected chi connectivity index (χ4v) is 3.00. The minimum absolute atomic E-state index is 0.0828. The minimum Gasteiger partial charge on any atom is -0.478 e. The van der Waals surface area contributed by atoms with Gasteiger partial charge in [0.2, 0.25) is 0 Å². The predicted octanol–water partition coefficient (Wildman–Crippen LogP) is 4.07. The molecule has 0 aliphatic heterocycles. The summed E-state index contributed by atoms with van der Waals surface area (Å²) in [4.78, 5) is 12.7. The number of hydrogen-bond acceptors (Lipinski definition) is 2. The van der Waals surface area contributed by atoms with Gasteiger partial charge >= 0.3 is 5.97 Å². The van der Waals surface area contributed by atoms with Crippen LogP contribution in [-0.4, -0.2) is 23.7 Å². The number of rotatable bonds is 5. The molecule has 0 unspecified atom stereocenters. The van der Waals surface area contributed by atoms with E-state index in [-0.39, 0.29) is 23.2 Å². The SMILES string of the molecule is CC(C)CN(c1c(F)cc(C(=O)O)cc1F)C1CCCC1. The molecule has 1 aliphatic carbocycles. The fourth-order valence-electron chi connectivity index (χ4n) is 3.00. The standard InChI is InChI=1S/C16H21F2NO2/c1-10(2)9-19(12-5-3-4-6-12)15-13(17)7-11(16(20)21)8-14(15)18/h7-8,10,12H,3-6,9H2,1-2H3,(H,20,21). The number of halogens is 2. The van der Waals surface area contributed by atoms with E-state index in [1.807, 2.05) is 13.8 Å². The molecule has 0 heterocycles. The van der Waals surface area contributed by atoms with Gasteiger partial charge in [-0.1, -0.05) is 26.7 Å². The summed E-state index contributed by atoms with van der Waals surface area (Å²) >= 11 is 0. The Labute approximate surface area is 123 Å². The summed E-state index contributed by atoms with van der Waals surface area (Å²) in [5.74, 6) is -2.64. The first kappa shape index (κ1) is 15.7. The number of hydrogen-bond donors (Lipinski definition) is 1. The van der Waals surface area contributed by atoms with Gasteiger partial charge in [-0.3, -0.25) is 0 Å². The van der Waals surface area contributed by atoms with Gasteiger partial charge in [-0.2, -0.15) is 0 Å². The smallest absolute Gasteiger partial charge is 0.335 e. The highest BCUT2D eigenvalue weighted by Gasteiger charge is 2.28. The Balaban J connectivity index is 2.41. The molecule has 1 saturated carbocycles. The summed E-state index contributed by atoms with van der Waals surface area (Å²) in [6.45, 7) is 4.57. The maximum atomic E-state index is 14.3. The van der Waals surface area contributed by atoms with Gasteiger partial charge in [0.1, 0.15) is 17.3 Å². The number of carbonyl (C=O) groups is 1. The van der Waals surface area contributed by atoms with Crippen molar-refractivity contribution in [3.8, 4) is 0 Å². The minimum atomic E-state index is -1.32. The quantitative estimate of drug-likeness (QED) is 0.890. The average Bonchev–Trinajstić information content (AvgIpc) is 2.89. The number of carboxylic acid groups (broad SMARTS) is 1. The lowest BCUT2D eigenvalue weighted by Crippen LogP contribution is -2.37. The first-order chi connectivity index (χ1) is 9.90. The van der Waals surface area contributed by atoms with Crippen molar-refractivity contribution in [2.75, 3.05) is 11.4 Å². The summed E-state index contributed by atoms with van der Waals surface area (Å²) in [6, 6.07) is 1.94. The fraction of sp³-hybridized carbons (Fsp3) is 0.562. The Morgan fingerprint density at radius 1 is 1.29 bits per heavy atom. The maximum Gasteiger partial charge on any atom is 0.335 e. The van der Waals surface area contributed by atoms with Crippen LogP contribution in [0.2, 0.25) is 0 Å². The summed E-state index contributed by atoms with van der Waals surface area (Å²) in [7, 11) is 0. The van der Waals surface area contributed by atoms with Crippen LogP contribution < -0.4 is 4.90 Å². The van der Waals surface area contributed by atoms with E-state index in [0.717, 1.165) is 37.8 Å². The van der Waals surface area contributed by atoms with Crippen LogP contribution in [0.3, 0.4) is 0 Å². The van der Waals surface area contributed by atoms with Crippen molar-refractivity contribution in [3.05, 3.63) is 29.3 Å². The van der Waals surface area contributed by atoms with Crippen molar-refractivity contribution in [1.82, 2.24) is 0 Å². The van der Waals surface area contributed by atoms with Gasteiger partial charge in [0, 0.05) is 12.6 Å². The zero-order chi connectivity index (χ0) is 15.6. The third kappa shape index (κ3) is 3.52. The molecule has 116 valence electrons. The van der Waals surface area contributed by atoms with Crippen LogP contribution in [0.1, 0.15) is 49.9 Å². The zero-order valence-corrected chi connectivity index (χ0v) is 12.4. The molecule has 0 saturated heterocycles. The van der Waals surface area contributed by atoms with Gasteiger partial charge in [-0.15, -0.1) is 0 Å². The van der Waals surface area contributed by atoms with Crippen LogP contribution >= 0.6 is 0 Å². The maximum absolute atomic E-state index is 14.3. The molecule has 1 aromatic rings. The molecule has 0 radical (unpaired) electrons. The van der Waals surface area contributed by atoms with Gasteiger partial charge in [-0.05, 0) is 30.9 Å². The third-order valence-electron chi connectivity index (χ3n) is 3.88. The number of benzene rings is 1. The van der Waals surface area contributed by atoms with Gasteiger partial charge in [-0.25, -0.2) is 13.6 Å². The van der Waals surface area contributed by atoms with E-state index >= 15 is 0 Å². The second kappa shape index (κ2) is 6.41. The van der Waals surface area contributed by atoms with Crippen molar-refractivity contribution in [2.45, 2.75) is 45.6 Å². The zero-order valence-electron chi connectivity index (χ0n) is 12.4. The monoisotopic (exact) mass is 297 g/mol. The first-order valence-corrected chi connectivity index (χ1v) is 7.39. The number of aromatic carboxylic acids is 1. The van der Waals surface area contributed by atoms with Crippen LogP contribution in [0.25, 0.3) is 0 Å². The largest absolute Gasteiger partial charge is 0.478 e. The molecule has 1 aromatic carbocycles. The molecular weight excluding hydrogens is 276 g/mol. The van der Waals surface area contributed by atoms with Crippen LogP contribution in [0, 0.1) is 17.6 Å². The highest BCUT2D eigenvalue weighted by molar-refractivity contribution is 5.88. The Bertz CT molecular complexity index is 502. The van der Waals surface area contributed by atoms with Crippen molar-refractivity contribution in [3.63, 3.8) is 0 Å². The molecule has 5 heteroatoms. The van der Waals surface area contributed by atoms with Crippen LogP contribution in [0.4, 0.5) is 14.5 Å². The molecule has 0 bridgehead atoms. The lowest BCUT2D eigenvalue weighted by atomic mass is 10.1. The number of nitrogens with zero attached hydrogens (tertiary/aromatic N) is 1. The van der Waals surface area contributed by atoms with Crippen molar-refractivity contribution < 1.29 is 18.7 Å². The molecule has 2 rings (SSSR count). The summed E-state index contributed by atoms with van der Waals surface area (Å²) in [5, 5.41) is 8.87. The van der Waals surface area contributed by atoms with Gasteiger partial charge in [0.15, 0.2) is 0 Å². The average molecular weight is 297 g/mol. The summed E-state index contributed by atoms with van der Waals surface area (Å²) < 4.78 is 28.6. The predicted molar refractivity (Wildman–Crippen MR) is 77.8 cm³/mol. The van der Waals surface area contributed by atoms with E-state index in [0.29, 0.717) is 6.54 Å². The Morgan fingerprint density at radius 3 is 2.24 bits per heavy atom. The summed E-state index contributed by atoms with van der Waals surface area (Å²) in [6.07, 6.45) is 3.98. The highest BCUT2D eigenvalue weighted by Crippen LogP contribution is 2.33. The molecule has 0 spiro atoms. The Kier molecular flexibility index (Phi) is 4.80. The van der Waals surface area contributed by atoms with Crippen LogP contribution in [0.5, 0.6) is 0 Å². The molecule has 1 N–H and O–H groups in total. The van der Waals surface area contributed by atoms with E-state index in [2.05, 4.69) is 0 Å². The highest BCUT2D eigenvalue weighted by atomic mass is 19.1. The van der Waals surface area contributed by atoms with Gasteiger partial charge in [0.25, 0.3) is 0 Å². The second-order valence-corrected chi connectivity index (χ2v) is 6.08. The molecule has 0 amide bonds. The van der Waals surface area contributed by atoms with E-state index in [1.165, 1.54) is 0 Å². The molecule has 1 fully saturated rings. The summed E-state index contributed by atoms with van der Waals surface area (Å²) in [5.41, 5.74) is -0.440. The third-order valence-corrected chi connectivity index (χ3v) is 3.88. The van der Waals surface area contributed by atoms with E-state index < -0.39 is 17.6 Å². The molecule has 3 nitrogen and oxygen atoms in total. The normalized spacial score (nSPS) is 15.7. The van der Waals surface area contributed by atoms with Gasteiger partial charge in [0.05, 0.1) is 5.56 Å². The molecule has 21 heavy (non-hydrogen) atoms. The van der Waals surface area contributed by atoms with Crippen molar-refractivity contribution in [1.29, 1.82) is 0 Å². The lowest BCUT2D eigenvalue weighted by Gasteiger charge is -2.33. The first-order valence-electron chi connectivity index (χ1n) is 7.39. The number of anilines is 1. The lowest BCUT2D eigenvalue weighted by molar-refractivity contribution is 0.0695. The molecule has 0 atom stereocenters. The van der Waals surface area contributed by atoms with E-state index in [4.69, 9.17) is 5.11 Å². The van der Waals surface area contributed by atoms with Crippen LogP contribution in [0.15, 0.2) is 12.1 Å². The molecular formula is C16H21F2NO2. The van der Waals surface area contributed by atoms with Gasteiger partial charge < -0.3 is 10.0 Å². The Hall–Kier alpha value is -1.65.